The zero-order valence-electron chi connectivity index (χ0n) is 21.5. The first-order chi connectivity index (χ1) is 17.3. The molecule has 0 radical (unpaired) electrons. The van der Waals surface area contributed by atoms with Gasteiger partial charge in [0.05, 0.1) is 18.1 Å². The summed E-state index contributed by atoms with van der Waals surface area (Å²) in [7, 11) is 1.66. The molecule has 0 spiro atoms. The minimum Gasteiger partial charge on any atom is -0.497 e. The van der Waals surface area contributed by atoms with Crippen molar-refractivity contribution in [2.45, 2.75) is 46.1 Å². The largest absolute Gasteiger partial charge is 0.497 e. The first kappa shape index (κ1) is 25.6. The van der Waals surface area contributed by atoms with E-state index in [1.807, 2.05) is 32.9 Å². The van der Waals surface area contributed by atoms with Crippen LogP contribution in [0.3, 0.4) is 0 Å². The van der Waals surface area contributed by atoms with Crippen molar-refractivity contribution in [2.75, 3.05) is 39.8 Å². The molecule has 3 heterocycles. The van der Waals surface area contributed by atoms with E-state index in [4.69, 9.17) is 4.74 Å². The predicted molar refractivity (Wildman–Crippen MR) is 140 cm³/mol. The van der Waals surface area contributed by atoms with Gasteiger partial charge in [0.25, 0.3) is 11.5 Å². The lowest BCUT2D eigenvalue weighted by atomic mass is 10.0. The van der Waals surface area contributed by atoms with Crippen LogP contribution in [0.5, 0.6) is 5.75 Å². The molecule has 3 aromatic rings. The van der Waals surface area contributed by atoms with Gasteiger partial charge in [-0.1, -0.05) is 32.9 Å². The third-order valence-corrected chi connectivity index (χ3v) is 6.77. The van der Waals surface area contributed by atoms with Gasteiger partial charge in [-0.2, -0.15) is 0 Å². The second kappa shape index (κ2) is 11.1. The van der Waals surface area contributed by atoms with E-state index in [1.165, 1.54) is 10.1 Å². The van der Waals surface area contributed by atoms with E-state index in [0.29, 0.717) is 43.0 Å². The van der Waals surface area contributed by atoms with Crippen molar-refractivity contribution in [3.8, 4) is 5.75 Å². The van der Waals surface area contributed by atoms with Crippen LogP contribution in [-0.4, -0.2) is 70.1 Å². The van der Waals surface area contributed by atoms with Gasteiger partial charge in [0.2, 0.25) is 0 Å². The van der Waals surface area contributed by atoms with Gasteiger partial charge in [0.15, 0.2) is 5.65 Å². The van der Waals surface area contributed by atoms with Gasteiger partial charge in [-0.25, -0.2) is 9.78 Å². The lowest BCUT2D eigenvalue weighted by Crippen LogP contribution is -2.49. The number of hydrogen-bond acceptors (Lipinski definition) is 6. The first-order valence-electron chi connectivity index (χ1n) is 12.6. The molecule has 1 aliphatic heterocycles. The zero-order chi connectivity index (χ0) is 25.8. The number of H-pyrrole nitrogens is 1. The van der Waals surface area contributed by atoms with Gasteiger partial charge in [0.1, 0.15) is 5.75 Å². The highest BCUT2D eigenvalue weighted by molar-refractivity contribution is 6.05. The Hall–Kier alpha value is -3.46. The summed E-state index contributed by atoms with van der Waals surface area (Å²) in [6, 6.07) is 9.82. The smallest absolute Gasteiger partial charge is 0.329 e. The Balaban J connectivity index is 1.54. The fourth-order valence-electron chi connectivity index (χ4n) is 4.61. The molecule has 4 rings (SSSR count). The van der Waals surface area contributed by atoms with Gasteiger partial charge < -0.3 is 9.64 Å². The molecule has 2 aromatic heterocycles. The number of rotatable bonds is 8. The van der Waals surface area contributed by atoms with E-state index in [2.05, 4.69) is 27.0 Å². The zero-order valence-corrected chi connectivity index (χ0v) is 21.5. The number of amides is 1. The standard InChI is InChI=1S/C27H35N5O4/c1-5-11-32-24-23(25(33)29-27(32)35)21(17-22(28-24)18(2)3)26(34)31-15-13-30(14-16-31)12-10-19-6-8-20(36-4)9-7-19/h6-9,17-18H,5,10-16H2,1-4H3,(H,29,33,35). The molecule has 1 amide bonds. The van der Waals surface area contributed by atoms with Crippen LogP contribution in [0.15, 0.2) is 39.9 Å². The molecular formula is C27H35N5O4. The molecule has 1 aliphatic rings. The fourth-order valence-corrected chi connectivity index (χ4v) is 4.61. The molecule has 9 nitrogen and oxygen atoms in total. The lowest BCUT2D eigenvalue weighted by Gasteiger charge is -2.35. The number of benzene rings is 1. The number of aryl methyl sites for hydroxylation is 1. The van der Waals surface area contributed by atoms with Crippen LogP contribution >= 0.6 is 0 Å². The average Bonchev–Trinajstić information content (AvgIpc) is 2.89. The maximum absolute atomic E-state index is 13.7. The molecule has 1 N–H and O–H groups in total. The topological polar surface area (TPSA) is 101 Å². The minimum atomic E-state index is -0.563. The van der Waals surface area contributed by atoms with Crippen LogP contribution in [-0.2, 0) is 13.0 Å². The molecule has 192 valence electrons. The van der Waals surface area contributed by atoms with Gasteiger partial charge in [0, 0.05) is 45.0 Å². The fraction of sp³-hybridized carbons (Fsp3) is 0.481. The third kappa shape index (κ3) is 5.36. The number of carbonyl (C=O) groups excluding carboxylic acids is 1. The van der Waals surface area contributed by atoms with E-state index in [1.54, 1.807) is 18.1 Å². The maximum atomic E-state index is 13.7. The summed E-state index contributed by atoms with van der Waals surface area (Å²) in [5, 5.41) is 0.194. The quantitative estimate of drug-likeness (QED) is 0.518. The molecule has 1 aromatic carbocycles. The first-order valence-corrected chi connectivity index (χ1v) is 12.6. The van der Waals surface area contributed by atoms with Crippen LogP contribution in [0, 0.1) is 0 Å². The molecule has 9 heteroatoms. The van der Waals surface area contributed by atoms with E-state index in [9.17, 15) is 14.4 Å². The Morgan fingerprint density at radius 1 is 1.08 bits per heavy atom. The van der Waals surface area contributed by atoms with Crippen molar-refractivity contribution in [2.24, 2.45) is 0 Å². The molecule has 0 aliphatic carbocycles. The van der Waals surface area contributed by atoms with Crippen LogP contribution in [0.1, 0.15) is 54.7 Å². The van der Waals surface area contributed by atoms with Gasteiger partial charge in [-0.05, 0) is 42.5 Å². The second-order valence-electron chi connectivity index (χ2n) is 9.59. The number of aromatic amines is 1. The summed E-state index contributed by atoms with van der Waals surface area (Å²) in [5.41, 5.74) is 1.49. The number of aromatic nitrogens is 3. The molecule has 0 unspecified atom stereocenters. The number of ether oxygens (including phenoxy) is 1. The number of piperazine rings is 1. The summed E-state index contributed by atoms with van der Waals surface area (Å²) in [5.74, 6) is 0.701. The molecule has 36 heavy (non-hydrogen) atoms. The van der Waals surface area contributed by atoms with Crippen LogP contribution in [0.2, 0.25) is 0 Å². The average molecular weight is 494 g/mol. The number of nitrogens with zero attached hydrogens (tertiary/aromatic N) is 4. The number of fused-ring (bicyclic) bond motifs is 1. The van der Waals surface area contributed by atoms with Gasteiger partial charge in [-0.3, -0.25) is 24.0 Å². The molecule has 0 atom stereocenters. The number of nitrogens with one attached hydrogen (secondary N) is 1. The Labute approximate surface area is 210 Å². The van der Waals surface area contributed by atoms with Crippen LogP contribution < -0.4 is 16.0 Å². The molecule has 0 bridgehead atoms. The number of pyridine rings is 1. The molecule has 1 fully saturated rings. The van der Waals surface area contributed by atoms with Crippen LogP contribution in [0.4, 0.5) is 0 Å². The maximum Gasteiger partial charge on any atom is 0.329 e. The lowest BCUT2D eigenvalue weighted by molar-refractivity contribution is 0.0640. The summed E-state index contributed by atoms with van der Waals surface area (Å²) in [6.45, 7) is 9.93. The Morgan fingerprint density at radius 2 is 1.78 bits per heavy atom. The third-order valence-electron chi connectivity index (χ3n) is 6.77. The predicted octanol–water partition coefficient (Wildman–Crippen LogP) is 2.63. The van der Waals surface area contributed by atoms with Crippen molar-refractivity contribution in [3.63, 3.8) is 0 Å². The normalized spacial score (nSPS) is 14.5. The van der Waals surface area contributed by atoms with Gasteiger partial charge >= 0.3 is 5.69 Å². The Morgan fingerprint density at radius 3 is 2.39 bits per heavy atom. The van der Waals surface area contributed by atoms with Crippen molar-refractivity contribution in [1.82, 2.24) is 24.3 Å². The Bertz CT molecular complexity index is 1340. The molecular weight excluding hydrogens is 458 g/mol. The summed E-state index contributed by atoms with van der Waals surface area (Å²) >= 11 is 0. The number of methoxy groups -OCH3 is 1. The SMILES string of the molecule is CCCn1c(=O)[nH]c(=O)c2c(C(=O)N3CCN(CCc4ccc(OC)cc4)CC3)cc(C(C)C)nc21. The van der Waals surface area contributed by atoms with Crippen molar-refractivity contribution >= 4 is 16.9 Å². The summed E-state index contributed by atoms with van der Waals surface area (Å²) in [6.07, 6.45) is 1.63. The molecule has 1 saturated heterocycles. The summed E-state index contributed by atoms with van der Waals surface area (Å²) in [4.78, 5) is 50.2. The monoisotopic (exact) mass is 493 g/mol. The van der Waals surface area contributed by atoms with Crippen LogP contribution in [0.25, 0.3) is 11.0 Å². The van der Waals surface area contributed by atoms with Gasteiger partial charge in [-0.15, -0.1) is 0 Å². The highest BCUT2D eigenvalue weighted by atomic mass is 16.5. The van der Waals surface area contributed by atoms with E-state index in [0.717, 1.165) is 31.8 Å². The second-order valence-corrected chi connectivity index (χ2v) is 9.59. The highest BCUT2D eigenvalue weighted by Gasteiger charge is 2.26. The summed E-state index contributed by atoms with van der Waals surface area (Å²) < 4.78 is 6.69. The van der Waals surface area contributed by atoms with E-state index < -0.39 is 11.2 Å². The van der Waals surface area contributed by atoms with E-state index in [-0.39, 0.29) is 17.2 Å². The molecule has 0 saturated carbocycles. The highest BCUT2D eigenvalue weighted by Crippen LogP contribution is 2.22. The Kier molecular flexibility index (Phi) is 7.88. The van der Waals surface area contributed by atoms with Crippen molar-refractivity contribution in [3.05, 3.63) is 68.0 Å². The van der Waals surface area contributed by atoms with E-state index >= 15 is 0 Å². The van der Waals surface area contributed by atoms with Crippen molar-refractivity contribution < 1.29 is 9.53 Å². The van der Waals surface area contributed by atoms with Crippen molar-refractivity contribution in [1.29, 1.82) is 0 Å². The minimum absolute atomic E-state index is 0.0419. The number of carbonyl (C=O) groups is 1. The number of hydrogen-bond donors (Lipinski definition) is 1.